The molecule has 0 fully saturated rings. The Hall–Kier alpha value is -1.10. The number of nitrogens with one attached hydrogen (secondary N) is 1. The number of carboxylic acid groups (broad SMARTS) is 1. The van der Waals surface area contributed by atoms with Crippen LogP contribution in [0.2, 0.25) is 0 Å². The fraction of sp³-hybridized carbons (Fsp3) is 0.833. The van der Waals surface area contributed by atoms with Crippen LogP contribution in [0.15, 0.2) is 0 Å². The summed E-state index contributed by atoms with van der Waals surface area (Å²) in [5.41, 5.74) is -0.587. The van der Waals surface area contributed by atoms with Crippen LogP contribution in [-0.2, 0) is 14.3 Å². The number of carbonyl (C=O) groups excluding carboxylic acids is 1. The molecule has 0 aromatic rings. The summed E-state index contributed by atoms with van der Waals surface area (Å²) in [5, 5.41) is 11.7. The van der Waals surface area contributed by atoms with Crippen LogP contribution in [0.4, 0.5) is 0 Å². The van der Waals surface area contributed by atoms with Gasteiger partial charge in [-0.2, -0.15) is 0 Å². The second-order valence-electron chi connectivity index (χ2n) is 4.98. The molecule has 0 radical (unpaired) electrons. The average molecular weight is 245 g/mol. The standard InChI is InChI=1S/C12H23NO4/c1-5-17-8-6-7-13-10(14)9(11(15)16)12(2,3)4/h9H,5-8H2,1-4H3,(H,13,14)(H,15,16). The first-order chi connectivity index (χ1) is 7.80. The van der Waals surface area contributed by atoms with E-state index in [0.29, 0.717) is 26.2 Å². The zero-order valence-electron chi connectivity index (χ0n) is 11.1. The molecule has 0 aliphatic carbocycles. The lowest BCUT2D eigenvalue weighted by molar-refractivity contribution is -0.151. The molecule has 5 nitrogen and oxygen atoms in total. The van der Waals surface area contributed by atoms with E-state index in [-0.39, 0.29) is 0 Å². The van der Waals surface area contributed by atoms with Gasteiger partial charge in [-0.15, -0.1) is 0 Å². The molecule has 1 amide bonds. The molecule has 0 spiro atoms. The second kappa shape index (κ2) is 7.27. The molecule has 0 aliphatic heterocycles. The fourth-order valence-corrected chi connectivity index (χ4v) is 1.51. The van der Waals surface area contributed by atoms with Crippen LogP contribution < -0.4 is 5.32 Å². The molecule has 0 heterocycles. The lowest BCUT2D eigenvalue weighted by atomic mass is 9.80. The van der Waals surface area contributed by atoms with Gasteiger partial charge in [-0.1, -0.05) is 20.8 Å². The first-order valence-electron chi connectivity index (χ1n) is 5.89. The van der Waals surface area contributed by atoms with E-state index in [1.807, 2.05) is 6.92 Å². The average Bonchev–Trinajstić information content (AvgIpc) is 2.14. The molecule has 0 bridgehead atoms. The van der Waals surface area contributed by atoms with Crippen LogP contribution >= 0.6 is 0 Å². The zero-order valence-corrected chi connectivity index (χ0v) is 11.1. The number of amides is 1. The van der Waals surface area contributed by atoms with Gasteiger partial charge in [0.2, 0.25) is 5.91 Å². The first-order valence-corrected chi connectivity index (χ1v) is 5.89. The Balaban J connectivity index is 4.13. The van der Waals surface area contributed by atoms with E-state index in [0.717, 1.165) is 0 Å². The molecule has 0 aromatic carbocycles. The highest BCUT2D eigenvalue weighted by molar-refractivity contribution is 5.97. The van der Waals surface area contributed by atoms with E-state index in [4.69, 9.17) is 9.84 Å². The van der Waals surface area contributed by atoms with E-state index in [1.165, 1.54) is 0 Å². The maximum Gasteiger partial charge on any atom is 0.316 e. The Bertz CT molecular complexity index is 258. The van der Waals surface area contributed by atoms with Gasteiger partial charge in [-0.05, 0) is 18.8 Å². The SMILES string of the molecule is CCOCCCNC(=O)C(C(=O)O)C(C)(C)C. The van der Waals surface area contributed by atoms with Crippen molar-refractivity contribution in [1.29, 1.82) is 0 Å². The number of rotatable bonds is 7. The Morgan fingerprint density at radius 3 is 2.35 bits per heavy atom. The summed E-state index contributed by atoms with van der Waals surface area (Å²) in [6, 6.07) is 0. The van der Waals surface area contributed by atoms with Gasteiger partial charge in [-0.25, -0.2) is 0 Å². The number of aliphatic carboxylic acids is 1. The minimum atomic E-state index is -1.08. The molecule has 0 aromatic heterocycles. The minimum Gasteiger partial charge on any atom is -0.481 e. The van der Waals surface area contributed by atoms with Gasteiger partial charge in [0.15, 0.2) is 0 Å². The van der Waals surface area contributed by atoms with E-state index in [2.05, 4.69) is 5.32 Å². The van der Waals surface area contributed by atoms with Crippen LogP contribution in [0.1, 0.15) is 34.1 Å². The third-order valence-corrected chi connectivity index (χ3v) is 2.34. The third kappa shape index (κ3) is 6.26. The van der Waals surface area contributed by atoms with Crippen LogP contribution in [-0.4, -0.2) is 36.7 Å². The third-order valence-electron chi connectivity index (χ3n) is 2.34. The molecule has 100 valence electrons. The smallest absolute Gasteiger partial charge is 0.316 e. The van der Waals surface area contributed by atoms with E-state index in [1.54, 1.807) is 20.8 Å². The number of carboxylic acids is 1. The van der Waals surface area contributed by atoms with Crippen molar-refractivity contribution in [1.82, 2.24) is 5.32 Å². The summed E-state index contributed by atoms with van der Waals surface area (Å²) in [5.74, 6) is -2.53. The van der Waals surface area contributed by atoms with Crippen molar-refractivity contribution in [3.63, 3.8) is 0 Å². The molecule has 1 unspecified atom stereocenters. The lowest BCUT2D eigenvalue weighted by Gasteiger charge is -2.25. The lowest BCUT2D eigenvalue weighted by Crippen LogP contribution is -2.43. The quantitative estimate of drug-likeness (QED) is 0.523. The Morgan fingerprint density at radius 2 is 1.94 bits per heavy atom. The molecule has 17 heavy (non-hydrogen) atoms. The molecule has 0 saturated carbocycles. The minimum absolute atomic E-state index is 0.429. The van der Waals surface area contributed by atoms with Crippen LogP contribution in [0, 0.1) is 11.3 Å². The highest BCUT2D eigenvalue weighted by Gasteiger charge is 2.37. The predicted octanol–water partition coefficient (Wildman–Crippen LogP) is 1.28. The molecule has 2 N–H and O–H groups in total. The van der Waals surface area contributed by atoms with E-state index in [9.17, 15) is 9.59 Å². The summed E-state index contributed by atoms with van der Waals surface area (Å²) >= 11 is 0. The van der Waals surface area contributed by atoms with Crippen molar-refractivity contribution in [2.75, 3.05) is 19.8 Å². The molecular weight excluding hydrogens is 222 g/mol. The Morgan fingerprint density at radius 1 is 1.35 bits per heavy atom. The van der Waals surface area contributed by atoms with Crippen LogP contribution in [0.3, 0.4) is 0 Å². The maximum absolute atomic E-state index is 11.7. The largest absolute Gasteiger partial charge is 0.481 e. The fourth-order valence-electron chi connectivity index (χ4n) is 1.51. The summed E-state index contributed by atoms with van der Waals surface area (Å²) in [6.07, 6.45) is 0.691. The summed E-state index contributed by atoms with van der Waals surface area (Å²) < 4.78 is 5.12. The molecular formula is C12H23NO4. The number of ether oxygens (including phenoxy) is 1. The van der Waals surface area contributed by atoms with Crippen molar-refractivity contribution in [2.24, 2.45) is 11.3 Å². The van der Waals surface area contributed by atoms with Crippen molar-refractivity contribution < 1.29 is 19.4 Å². The van der Waals surface area contributed by atoms with Crippen molar-refractivity contribution >= 4 is 11.9 Å². The van der Waals surface area contributed by atoms with Crippen molar-refractivity contribution in [3.05, 3.63) is 0 Å². The normalized spacial score (nSPS) is 13.2. The highest BCUT2D eigenvalue weighted by atomic mass is 16.5. The monoisotopic (exact) mass is 245 g/mol. The van der Waals surface area contributed by atoms with Gasteiger partial charge in [-0.3, -0.25) is 9.59 Å². The van der Waals surface area contributed by atoms with Gasteiger partial charge in [0.05, 0.1) is 0 Å². The van der Waals surface area contributed by atoms with Gasteiger partial charge >= 0.3 is 5.97 Å². The molecule has 5 heteroatoms. The Labute approximate surface area is 103 Å². The molecule has 0 aliphatic rings. The van der Waals surface area contributed by atoms with Crippen molar-refractivity contribution in [3.8, 4) is 0 Å². The summed E-state index contributed by atoms with van der Waals surface area (Å²) in [6.45, 7) is 8.79. The van der Waals surface area contributed by atoms with Gasteiger partial charge < -0.3 is 15.2 Å². The maximum atomic E-state index is 11.7. The summed E-state index contributed by atoms with van der Waals surface area (Å²) in [4.78, 5) is 22.8. The topological polar surface area (TPSA) is 75.6 Å². The van der Waals surface area contributed by atoms with Gasteiger partial charge in [0.1, 0.15) is 5.92 Å². The number of hydrogen-bond donors (Lipinski definition) is 2. The molecule has 1 atom stereocenters. The van der Waals surface area contributed by atoms with E-state index < -0.39 is 23.2 Å². The second-order valence-corrected chi connectivity index (χ2v) is 4.98. The highest BCUT2D eigenvalue weighted by Crippen LogP contribution is 2.26. The van der Waals surface area contributed by atoms with Gasteiger partial charge in [0, 0.05) is 19.8 Å². The Kier molecular flexibility index (Phi) is 6.80. The van der Waals surface area contributed by atoms with E-state index >= 15 is 0 Å². The molecule has 0 saturated heterocycles. The number of hydrogen-bond acceptors (Lipinski definition) is 3. The van der Waals surface area contributed by atoms with Crippen LogP contribution in [0.25, 0.3) is 0 Å². The molecule has 0 rings (SSSR count). The van der Waals surface area contributed by atoms with Gasteiger partial charge in [0.25, 0.3) is 0 Å². The first kappa shape index (κ1) is 15.9. The number of carbonyl (C=O) groups is 2. The van der Waals surface area contributed by atoms with Crippen LogP contribution in [0.5, 0.6) is 0 Å². The van der Waals surface area contributed by atoms with Crippen molar-refractivity contribution in [2.45, 2.75) is 34.1 Å². The summed E-state index contributed by atoms with van der Waals surface area (Å²) in [7, 11) is 0. The predicted molar refractivity (Wildman–Crippen MR) is 64.7 cm³/mol. The zero-order chi connectivity index (χ0) is 13.5.